The van der Waals surface area contributed by atoms with Crippen molar-refractivity contribution in [1.82, 2.24) is 19.7 Å². The molecule has 4 nitrogen and oxygen atoms in total. The number of para-hydroxylation sites is 1. The SMILES string of the molecule is C#CCSc1nnc2c3ccccc3n(CC)c2n1. The zero-order chi connectivity index (χ0) is 13.2. The van der Waals surface area contributed by atoms with Crippen LogP contribution in [0.4, 0.5) is 0 Å². The minimum absolute atomic E-state index is 0.555. The van der Waals surface area contributed by atoms with Crippen molar-refractivity contribution in [3.05, 3.63) is 24.3 Å². The summed E-state index contributed by atoms with van der Waals surface area (Å²) in [6.45, 7) is 2.95. The normalized spacial score (nSPS) is 10.9. The molecule has 0 spiro atoms. The minimum atomic E-state index is 0.555. The molecule has 2 heterocycles. The van der Waals surface area contributed by atoms with E-state index in [4.69, 9.17) is 6.42 Å². The average molecular weight is 268 g/mol. The standard InChI is InChI=1S/C14H12N4S/c1-3-9-19-14-15-13-12(16-17-14)10-7-5-6-8-11(10)18(13)4-2/h1,5-8H,4,9H2,2H3. The van der Waals surface area contributed by atoms with E-state index in [0.29, 0.717) is 10.9 Å². The van der Waals surface area contributed by atoms with Crippen molar-refractivity contribution in [1.29, 1.82) is 0 Å². The van der Waals surface area contributed by atoms with Gasteiger partial charge in [-0.3, -0.25) is 0 Å². The highest BCUT2D eigenvalue weighted by Gasteiger charge is 2.13. The number of aryl methyl sites for hydroxylation is 1. The summed E-state index contributed by atoms with van der Waals surface area (Å²) in [5, 5.41) is 10.2. The van der Waals surface area contributed by atoms with Crippen molar-refractivity contribution in [3.63, 3.8) is 0 Å². The maximum Gasteiger partial charge on any atom is 0.212 e. The number of fused-ring (bicyclic) bond motifs is 3. The summed E-state index contributed by atoms with van der Waals surface area (Å²) in [7, 11) is 0. The van der Waals surface area contributed by atoms with Gasteiger partial charge in [0.2, 0.25) is 5.16 Å². The second-order valence-electron chi connectivity index (χ2n) is 4.02. The first-order chi connectivity index (χ1) is 9.35. The van der Waals surface area contributed by atoms with Crippen LogP contribution in [0.5, 0.6) is 0 Å². The van der Waals surface area contributed by atoms with Crippen molar-refractivity contribution in [3.8, 4) is 12.3 Å². The first-order valence-corrected chi connectivity index (χ1v) is 7.01. The van der Waals surface area contributed by atoms with E-state index in [1.165, 1.54) is 11.8 Å². The van der Waals surface area contributed by atoms with E-state index < -0.39 is 0 Å². The molecular formula is C14H12N4S. The predicted molar refractivity (Wildman–Crippen MR) is 78.1 cm³/mol. The van der Waals surface area contributed by atoms with Gasteiger partial charge in [0.1, 0.15) is 5.52 Å². The van der Waals surface area contributed by atoms with Crippen molar-refractivity contribution in [2.75, 3.05) is 5.75 Å². The third-order valence-corrected chi connectivity index (χ3v) is 3.70. The van der Waals surface area contributed by atoms with Gasteiger partial charge in [-0.1, -0.05) is 35.9 Å². The monoisotopic (exact) mass is 268 g/mol. The topological polar surface area (TPSA) is 43.6 Å². The molecule has 0 aliphatic heterocycles. The Kier molecular flexibility index (Phi) is 3.10. The van der Waals surface area contributed by atoms with Crippen LogP contribution in [0.2, 0.25) is 0 Å². The van der Waals surface area contributed by atoms with Crippen molar-refractivity contribution in [2.45, 2.75) is 18.6 Å². The molecule has 0 saturated heterocycles. The highest BCUT2D eigenvalue weighted by atomic mass is 32.2. The van der Waals surface area contributed by atoms with Crippen molar-refractivity contribution < 1.29 is 0 Å². The van der Waals surface area contributed by atoms with Gasteiger partial charge >= 0.3 is 0 Å². The number of terminal acetylenes is 1. The van der Waals surface area contributed by atoms with Crippen molar-refractivity contribution >= 4 is 33.8 Å². The van der Waals surface area contributed by atoms with Gasteiger partial charge < -0.3 is 4.57 Å². The highest BCUT2D eigenvalue weighted by Crippen LogP contribution is 2.26. The van der Waals surface area contributed by atoms with Crippen molar-refractivity contribution in [2.24, 2.45) is 0 Å². The molecule has 5 heteroatoms. The number of benzene rings is 1. The fourth-order valence-electron chi connectivity index (χ4n) is 2.18. The number of hydrogen-bond acceptors (Lipinski definition) is 4. The van der Waals surface area contributed by atoms with Crippen LogP contribution in [0.3, 0.4) is 0 Å². The Bertz CT molecular complexity index is 785. The summed E-state index contributed by atoms with van der Waals surface area (Å²) in [5.74, 6) is 3.12. The fraction of sp³-hybridized carbons (Fsp3) is 0.214. The molecule has 1 aromatic carbocycles. The Morgan fingerprint density at radius 2 is 2.16 bits per heavy atom. The summed E-state index contributed by atoms with van der Waals surface area (Å²) < 4.78 is 2.15. The van der Waals surface area contributed by atoms with E-state index in [0.717, 1.165) is 28.6 Å². The number of aromatic nitrogens is 4. The van der Waals surface area contributed by atoms with Gasteiger partial charge in [0.25, 0.3) is 0 Å². The Morgan fingerprint density at radius 3 is 2.95 bits per heavy atom. The molecule has 0 unspecified atom stereocenters. The van der Waals surface area contributed by atoms with E-state index >= 15 is 0 Å². The molecule has 3 aromatic rings. The molecule has 0 aliphatic carbocycles. The molecule has 0 fully saturated rings. The fourth-order valence-corrected chi connectivity index (χ4v) is 2.64. The zero-order valence-corrected chi connectivity index (χ0v) is 11.3. The predicted octanol–water partition coefficient (Wildman–Crippen LogP) is 2.72. The molecule has 94 valence electrons. The highest BCUT2D eigenvalue weighted by molar-refractivity contribution is 7.99. The molecular weight excluding hydrogens is 256 g/mol. The third kappa shape index (κ3) is 1.94. The molecule has 0 saturated carbocycles. The van der Waals surface area contributed by atoms with E-state index in [1.54, 1.807) is 0 Å². The quantitative estimate of drug-likeness (QED) is 0.541. The third-order valence-electron chi connectivity index (χ3n) is 2.96. The smallest absolute Gasteiger partial charge is 0.212 e. The molecule has 0 amide bonds. The molecule has 19 heavy (non-hydrogen) atoms. The molecule has 2 aromatic heterocycles. The molecule has 0 bridgehead atoms. The Labute approximate surface area is 115 Å². The van der Waals surface area contributed by atoms with Gasteiger partial charge in [-0.15, -0.1) is 16.6 Å². The van der Waals surface area contributed by atoms with Crippen LogP contribution in [0.1, 0.15) is 6.92 Å². The number of nitrogens with zero attached hydrogens (tertiary/aromatic N) is 4. The van der Waals surface area contributed by atoms with Gasteiger partial charge in [-0.25, -0.2) is 4.98 Å². The van der Waals surface area contributed by atoms with Crippen LogP contribution in [0.25, 0.3) is 22.1 Å². The summed E-state index contributed by atoms with van der Waals surface area (Å²) >= 11 is 1.43. The summed E-state index contributed by atoms with van der Waals surface area (Å²) in [5.41, 5.74) is 2.86. The summed E-state index contributed by atoms with van der Waals surface area (Å²) in [6, 6.07) is 8.16. The van der Waals surface area contributed by atoms with Gasteiger partial charge in [-0.2, -0.15) is 0 Å². The molecule has 3 rings (SSSR count). The van der Waals surface area contributed by atoms with Crippen LogP contribution in [-0.4, -0.2) is 25.5 Å². The molecule has 0 N–H and O–H groups in total. The molecule has 0 atom stereocenters. The molecule has 0 radical (unpaired) electrons. The van der Waals surface area contributed by atoms with Gasteiger partial charge in [-0.05, 0) is 13.0 Å². The molecule has 0 aliphatic rings. The lowest BCUT2D eigenvalue weighted by atomic mass is 10.2. The average Bonchev–Trinajstić information content (AvgIpc) is 2.78. The van der Waals surface area contributed by atoms with Crippen LogP contribution in [0.15, 0.2) is 29.4 Å². The first-order valence-electron chi connectivity index (χ1n) is 6.03. The second-order valence-corrected chi connectivity index (χ2v) is 4.96. The maximum absolute atomic E-state index is 5.25. The lowest BCUT2D eigenvalue weighted by Gasteiger charge is -2.01. The Morgan fingerprint density at radius 1 is 1.32 bits per heavy atom. The van der Waals surface area contributed by atoms with Crippen LogP contribution in [-0.2, 0) is 6.54 Å². The van der Waals surface area contributed by atoms with E-state index in [1.807, 2.05) is 12.1 Å². The lowest BCUT2D eigenvalue weighted by Crippen LogP contribution is -1.98. The van der Waals surface area contributed by atoms with Gasteiger partial charge in [0.05, 0.1) is 11.3 Å². The second kappa shape index (κ2) is 4.90. The number of rotatable bonds is 3. The minimum Gasteiger partial charge on any atom is -0.324 e. The number of thioether (sulfide) groups is 1. The van der Waals surface area contributed by atoms with Crippen LogP contribution >= 0.6 is 11.8 Å². The lowest BCUT2D eigenvalue weighted by molar-refractivity contribution is 0.789. The van der Waals surface area contributed by atoms with E-state index in [9.17, 15) is 0 Å². The van der Waals surface area contributed by atoms with Crippen LogP contribution in [0, 0.1) is 12.3 Å². The summed E-state index contributed by atoms with van der Waals surface area (Å²) in [6.07, 6.45) is 5.25. The Balaban J connectivity index is 2.27. The largest absolute Gasteiger partial charge is 0.324 e. The zero-order valence-electron chi connectivity index (χ0n) is 10.5. The van der Waals surface area contributed by atoms with E-state index in [-0.39, 0.29) is 0 Å². The first kappa shape index (κ1) is 12.0. The van der Waals surface area contributed by atoms with Gasteiger partial charge in [0.15, 0.2) is 5.65 Å². The van der Waals surface area contributed by atoms with E-state index in [2.05, 4.69) is 44.7 Å². The van der Waals surface area contributed by atoms with Crippen LogP contribution < -0.4 is 0 Å². The Hall–Kier alpha value is -2.06. The number of hydrogen-bond donors (Lipinski definition) is 0. The maximum atomic E-state index is 5.25. The van der Waals surface area contributed by atoms with Gasteiger partial charge in [0, 0.05) is 11.9 Å². The summed E-state index contributed by atoms with van der Waals surface area (Å²) in [4.78, 5) is 4.58.